The Kier molecular flexibility index (Phi) is 5.58. The summed E-state index contributed by atoms with van der Waals surface area (Å²) in [5, 5.41) is 2.84. The van der Waals surface area contributed by atoms with Gasteiger partial charge in [-0.3, -0.25) is 14.5 Å². The van der Waals surface area contributed by atoms with Crippen LogP contribution in [0, 0.1) is 5.95 Å². The van der Waals surface area contributed by atoms with E-state index in [1.165, 1.54) is 13.0 Å². The predicted molar refractivity (Wildman–Crippen MR) is 97.9 cm³/mol. The zero-order valence-electron chi connectivity index (χ0n) is 14.6. The number of carbonyl (C=O) groups is 2. The highest BCUT2D eigenvalue weighted by molar-refractivity contribution is 5.96. The van der Waals surface area contributed by atoms with Gasteiger partial charge in [0.15, 0.2) is 5.78 Å². The number of pyridine rings is 1. The molecule has 0 saturated carbocycles. The van der Waals surface area contributed by atoms with Crippen molar-refractivity contribution in [2.24, 2.45) is 0 Å². The van der Waals surface area contributed by atoms with E-state index < -0.39 is 5.95 Å². The maximum absolute atomic E-state index is 13.2. The number of amides is 1. The van der Waals surface area contributed by atoms with Crippen LogP contribution in [0.25, 0.3) is 0 Å². The molecule has 6 nitrogen and oxygen atoms in total. The molecular formula is C19H21FN4O2. The molecule has 1 amide bonds. The van der Waals surface area contributed by atoms with Crippen LogP contribution in [0.4, 0.5) is 15.9 Å². The minimum absolute atomic E-state index is 0.00599. The van der Waals surface area contributed by atoms with Gasteiger partial charge >= 0.3 is 0 Å². The van der Waals surface area contributed by atoms with Crippen molar-refractivity contribution in [3.8, 4) is 0 Å². The smallest absolute Gasteiger partial charge is 0.238 e. The minimum Gasteiger partial charge on any atom is -0.354 e. The Hall–Kier alpha value is -2.80. The van der Waals surface area contributed by atoms with E-state index in [1.54, 1.807) is 36.4 Å². The number of nitrogens with one attached hydrogen (secondary N) is 1. The SMILES string of the molecule is CC(=O)c1ccc(NC(=O)CN2CCN(c3cccc(F)n3)CC2)cc1. The Balaban J connectivity index is 1.48. The molecule has 1 aromatic carbocycles. The van der Waals surface area contributed by atoms with Crippen molar-refractivity contribution in [1.82, 2.24) is 9.88 Å². The molecule has 1 fully saturated rings. The predicted octanol–water partition coefficient (Wildman–Crippen LogP) is 2.18. The van der Waals surface area contributed by atoms with E-state index in [9.17, 15) is 14.0 Å². The monoisotopic (exact) mass is 356 g/mol. The summed E-state index contributed by atoms with van der Waals surface area (Å²) in [5.41, 5.74) is 1.28. The summed E-state index contributed by atoms with van der Waals surface area (Å²) in [6.45, 7) is 4.59. The van der Waals surface area contributed by atoms with Crippen molar-refractivity contribution in [2.45, 2.75) is 6.92 Å². The van der Waals surface area contributed by atoms with Gasteiger partial charge in [-0.05, 0) is 43.3 Å². The van der Waals surface area contributed by atoms with Gasteiger partial charge in [-0.15, -0.1) is 0 Å². The summed E-state index contributed by atoms with van der Waals surface area (Å²) in [6, 6.07) is 11.6. The first-order valence-corrected chi connectivity index (χ1v) is 8.52. The lowest BCUT2D eigenvalue weighted by Crippen LogP contribution is -2.49. The van der Waals surface area contributed by atoms with Crippen molar-refractivity contribution in [3.05, 3.63) is 54.0 Å². The van der Waals surface area contributed by atoms with Crippen LogP contribution >= 0.6 is 0 Å². The number of benzene rings is 1. The zero-order valence-corrected chi connectivity index (χ0v) is 14.6. The fraction of sp³-hybridized carbons (Fsp3) is 0.316. The van der Waals surface area contributed by atoms with Gasteiger partial charge in [0.05, 0.1) is 6.54 Å². The standard InChI is InChI=1S/C19H21FN4O2/c1-14(25)15-5-7-16(8-6-15)21-19(26)13-23-9-11-24(12-10-23)18-4-2-3-17(20)22-18/h2-8H,9-13H2,1H3,(H,21,26). The first-order chi connectivity index (χ1) is 12.5. The largest absolute Gasteiger partial charge is 0.354 e. The molecule has 0 bridgehead atoms. The third-order valence-electron chi connectivity index (χ3n) is 4.34. The molecule has 7 heteroatoms. The third-order valence-corrected chi connectivity index (χ3v) is 4.34. The number of hydrogen-bond acceptors (Lipinski definition) is 5. The van der Waals surface area contributed by atoms with Gasteiger partial charge in [-0.1, -0.05) is 6.07 Å². The third kappa shape index (κ3) is 4.64. The number of carbonyl (C=O) groups excluding carboxylic acids is 2. The fourth-order valence-electron chi connectivity index (χ4n) is 2.90. The van der Waals surface area contributed by atoms with Crippen LogP contribution in [0.5, 0.6) is 0 Å². The Labute approximate surface area is 151 Å². The van der Waals surface area contributed by atoms with Crippen LogP contribution in [0.1, 0.15) is 17.3 Å². The number of halogens is 1. The van der Waals surface area contributed by atoms with E-state index in [2.05, 4.69) is 15.2 Å². The molecule has 0 aliphatic carbocycles. The van der Waals surface area contributed by atoms with Crippen LogP contribution in [0.15, 0.2) is 42.5 Å². The minimum atomic E-state index is -0.486. The molecule has 1 N–H and O–H groups in total. The highest BCUT2D eigenvalue weighted by Gasteiger charge is 2.20. The van der Waals surface area contributed by atoms with Crippen molar-refractivity contribution < 1.29 is 14.0 Å². The lowest BCUT2D eigenvalue weighted by atomic mass is 10.1. The molecule has 0 radical (unpaired) electrons. The number of anilines is 2. The number of hydrogen-bond donors (Lipinski definition) is 1. The number of Topliss-reactive ketones (excluding diaryl/α,β-unsaturated/α-hetero) is 1. The van der Waals surface area contributed by atoms with Crippen molar-refractivity contribution in [1.29, 1.82) is 0 Å². The highest BCUT2D eigenvalue weighted by Crippen LogP contribution is 2.14. The fourth-order valence-corrected chi connectivity index (χ4v) is 2.90. The Morgan fingerprint density at radius 1 is 1.08 bits per heavy atom. The second kappa shape index (κ2) is 8.05. The molecule has 2 aromatic rings. The van der Waals surface area contributed by atoms with Crippen LogP contribution in [0.2, 0.25) is 0 Å². The zero-order chi connectivity index (χ0) is 18.5. The molecule has 0 atom stereocenters. The first kappa shape index (κ1) is 18.0. The molecule has 26 heavy (non-hydrogen) atoms. The van der Waals surface area contributed by atoms with E-state index in [0.717, 1.165) is 0 Å². The average Bonchev–Trinajstić information content (AvgIpc) is 2.62. The summed E-state index contributed by atoms with van der Waals surface area (Å²) < 4.78 is 13.2. The average molecular weight is 356 g/mol. The van der Waals surface area contributed by atoms with Crippen LogP contribution in [0.3, 0.4) is 0 Å². The lowest BCUT2D eigenvalue weighted by molar-refractivity contribution is -0.117. The van der Waals surface area contributed by atoms with Crippen molar-refractivity contribution in [2.75, 3.05) is 42.9 Å². The Bertz CT molecular complexity index is 786. The normalized spacial score (nSPS) is 14.9. The van der Waals surface area contributed by atoms with Crippen LogP contribution in [-0.2, 0) is 4.79 Å². The van der Waals surface area contributed by atoms with E-state index in [4.69, 9.17) is 0 Å². The maximum atomic E-state index is 13.2. The van der Waals surface area contributed by atoms with Gasteiger partial charge in [0.25, 0.3) is 0 Å². The van der Waals surface area contributed by atoms with E-state index >= 15 is 0 Å². The molecule has 0 unspecified atom stereocenters. The molecule has 1 aromatic heterocycles. The first-order valence-electron chi connectivity index (χ1n) is 8.52. The summed E-state index contributed by atoms with van der Waals surface area (Å²) in [6.07, 6.45) is 0. The molecular weight excluding hydrogens is 335 g/mol. The van der Waals surface area contributed by atoms with Crippen LogP contribution < -0.4 is 10.2 Å². The van der Waals surface area contributed by atoms with Gasteiger partial charge in [0.2, 0.25) is 11.9 Å². The van der Waals surface area contributed by atoms with Gasteiger partial charge in [-0.2, -0.15) is 4.39 Å². The van der Waals surface area contributed by atoms with E-state index in [0.29, 0.717) is 49.8 Å². The molecule has 3 rings (SSSR count). The topological polar surface area (TPSA) is 65.5 Å². The second-order valence-electron chi connectivity index (χ2n) is 6.26. The Morgan fingerprint density at radius 2 is 1.77 bits per heavy atom. The summed E-state index contributed by atoms with van der Waals surface area (Å²) in [7, 11) is 0. The van der Waals surface area contributed by atoms with Gasteiger partial charge in [0, 0.05) is 37.4 Å². The number of rotatable bonds is 5. The van der Waals surface area contributed by atoms with Crippen molar-refractivity contribution in [3.63, 3.8) is 0 Å². The van der Waals surface area contributed by atoms with Crippen LogP contribution in [-0.4, -0.2) is 54.3 Å². The highest BCUT2D eigenvalue weighted by atomic mass is 19.1. The summed E-state index contributed by atoms with van der Waals surface area (Å²) in [4.78, 5) is 31.4. The second-order valence-corrected chi connectivity index (χ2v) is 6.26. The van der Waals surface area contributed by atoms with Gasteiger partial charge in [0.1, 0.15) is 5.82 Å². The maximum Gasteiger partial charge on any atom is 0.238 e. The van der Waals surface area contributed by atoms with E-state index in [1.807, 2.05) is 4.90 Å². The molecule has 2 heterocycles. The Morgan fingerprint density at radius 3 is 2.38 bits per heavy atom. The molecule has 1 saturated heterocycles. The summed E-state index contributed by atoms with van der Waals surface area (Å²) in [5.74, 6) is 0.0335. The quantitative estimate of drug-likeness (QED) is 0.657. The lowest BCUT2D eigenvalue weighted by Gasteiger charge is -2.34. The number of ketones is 1. The number of aromatic nitrogens is 1. The van der Waals surface area contributed by atoms with Gasteiger partial charge in [-0.25, -0.2) is 4.98 Å². The molecule has 1 aliphatic rings. The number of nitrogens with zero attached hydrogens (tertiary/aromatic N) is 3. The van der Waals surface area contributed by atoms with Crippen molar-refractivity contribution >= 4 is 23.2 Å². The molecule has 1 aliphatic heterocycles. The molecule has 136 valence electrons. The summed E-state index contributed by atoms with van der Waals surface area (Å²) >= 11 is 0. The molecule has 0 spiro atoms. The van der Waals surface area contributed by atoms with Gasteiger partial charge < -0.3 is 10.2 Å². The van der Waals surface area contributed by atoms with E-state index in [-0.39, 0.29) is 11.7 Å². The number of piperazine rings is 1.